The van der Waals surface area contributed by atoms with Gasteiger partial charge < -0.3 is 14.7 Å². The number of aliphatic imine (C=N–C) groups is 1. The van der Waals surface area contributed by atoms with Crippen LogP contribution >= 0.6 is 11.6 Å². The number of carbonyl (C=O) groups excluding carboxylic acids is 1. The van der Waals surface area contributed by atoms with Crippen LogP contribution in [0.25, 0.3) is 11.1 Å². The lowest BCUT2D eigenvalue weighted by Crippen LogP contribution is -2.41. The van der Waals surface area contributed by atoms with Crippen LogP contribution in [-0.4, -0.2) is 45.1 Å². The van der Waals surface area contributed by atoms with Gasteiger partial charge in [0.1, 0.15) is 11.5 Å². The molecule has 3 aromatic rings. The number of hydrogen-bond acceptors (Lipinski definition) is 7. The third-order valence-corrected chi connectivity index (χ3v) is 6.18. The lowest BCUT2D eigenvalue weighted by molar-refractivity contribution is -0.129. The van der Waals surface area contributed by atoms with E-state index in [1.165, 1.54) is 48.3 Å². The molecule has 1 aliphatic heterocycles. The van der Waals surface area contributed by atoms with Gasteiger partial charge in [0.25, 0.3) is 5.91 Å². The molecular formula is C24H20ClF2N3O5S. The smallest absolute Gasteiger partial charge is 0.387 e. The van der Waals surface area contributed by atoms with E-state index >= 15 is 0 Å². The van der Waals surface area contributed by atoms with Gasteiger partial charge in [0, 0.05) is 18.1 Å². The Morgan fingerprint density at radius 2 is 1.69 bits per heavy atom. The molecular weight excluding hydrogens is 516 g/mol. The first-order chi connectivity index (χ1) is 16.9. The number of halogens is 3. The number of nitrogens with two attached hydrogens (primary N) is 1. The SMILES string of the molecule is CN1C(=O)C(c2ccc(OC(F)F)cc2)(c2cccc(-c3cc(Cl)cc(OS(C)(=O)=O)c3)c2)N=C1N. The van der Waals surface area contributed by atoms with E-state index in [1.807, 2.05) is 0 Å². The van der Waals surface area contributed by atoms with Gasteiger partial charge in [-0.25, -0.2) is 4.99 Å². The summed E-state index contributed by atoms with van der Waals surface area (Å²) in [7, 11) is -2.31. The molecule has 1 atom stereocenters. The van der Waals surface area contributed by atoms with E-state index in [0.717, 1.165) is 6.26 Å². The number of alkyl halides is 2. The zero-order valence-corrected chi connectivity index (χ0v) is 20.6. The first kappa shape index (κ1) is 25.4. The molecule has 36 heavy (non-hydrogen) atoms. The maximum atomic E-state index is 13.5. The number of benzene rings is 3. The van der Waals surface area contributed by atoms with Gasteiger partial charge in [0.2, 0.25) is 0 Å². The van der Waals surface area contributed by atoms with Crippen molar-refractivity contribution < 1.29 is 30.9 Å². The number of hydrogen-bond donors (Lipinski definition) is 1. The Bertz CT molecular complexity index is 1460. The summed E-state index contributed by atoms with van der Waals surface area (Å²) in [5.41, 5.74) is 6.33. The second-order valence-corrected chi connectivity index (χ2v) is 10.0. The summed E-state index contributed by atoms with van der Waals surface area (Å²) in [5, 5.41) is 0.236. The minimum atomic E-state index is -3.79. The van der Waals surface area contributed by atoms with Crippen LogP contribution in [0.2, 0.25) is 5.02 Å². The highest BCUT2D eigenvalue weighted by molar-refractivity contribution is 7.86. The minimum absolute atomic E-state index is 0.0219. The fraction of sp³-hybridized carbons (Fsp3) is 0.167. The molecule has 0 radical (unpaired) electrons. The molecule has 4 rings (SSSR count). The van der Waals surface area contributed by atoms with Gasteiger partial charge in [-0.15, -0.1) is 0 Å². The van der Waals surface area contributed by atoms with Crippen LogP contribution < -0.4 is 14.7 Å². The molecule has 8 nitrogen and oxygen atoms in total. The van der Waals surface area contributed by atoms with Crippen molar-refractivity contribution >= 4 is 33.6 Å². The number of carbonyl (C=O) groups is 1. The number of ether oxygens (including phenoxy) is 1. The third-order valence-electron chi connectivity index (χ3n) is 5.47. The Balaban J connectivity index is 1.84. The standard InChI is InChI=1S/C24H20ClF2N3O5S/c1-30-21(31)24(29-23(30)28,16-6-8-19(9-7-16)34-22(26)27)17-5-3-4-14(10-17)15-11-18(25)13-20(12-15)35-36(2,32)33/h3-13,22H,1-2H3,(H2,28,29). The van der Waals surface area contributed by atoms with Gasteiger partial charge in [0.15, 0.2) is 11.5 Å². The topological polar surface area (TPSA) is 111 Å². The molecule has 12 heteroatoms. The molecule has 0 saturated carbocycles. The second-order valence-electron chi connectivity index (χ2n) is 7.99. The van der Waals surface area contributed by atoms with Crippen molar-refractivity contribution in [2.24, 2.45) is 10.7 Å². The molecule has 0 fully saturated rings. The van der Waals surface area contributed by atoms with Crippen molar-refractivity contribution in [3.8, 4) is 22.6 Å². The highest BCUT2D eigenvalue weighted by Gasteiger charge is 2.49. The normalized spacial score (nSPS) is 17.9. The summed E-state index contributed by atoms with van der Waals surface area (Å²) >= 11 is 6.19. The summed E-state index contributed by atoms with van der Waals surface area (Å²) in [4.78, 5) is 19.2. The van der Waals surface area contributed by atoms with Gasteiger partial charge in [-0.1, -0.05) is 41.9 Å². The van der Waals surface area contributed by atoms with Gasteiger partial charge >= 0.3 is 16.7 Å². The van der Waals surface area contributed by atoms with Gasteiger partial charge in [-0.3, -0.25) is 9.69 Å². The zero-order chi connectivity index (χ0) is 26.3. The Morgan fingerprint density at radius 3 is 2.28 bits per heavy atom. The van der Waals surface area contributed by atoms with Gasteiger partial charge in [0.05, 0.1) is 6.26 Å². The molecule has 1 amide bonds. The lowest BCUT2D eigenvalue weighted by Gasteiger charge is -2.26. The minimum Gasteiger partial charge on any atom is -0.435 e. The molecule has 0 aliphatic carbocycles. The fourth-order valence-corrected chi connectivity index (χ4v) is 4.61. The number of rotatable bonds is 7. The first-order valence-corrected chi connectivity index (χ1v) is 12.6. The highest BCUT2D eigenvalue weighted by Crippen LogP contribution is 2.41. The fourth-order valence-electron chi connectivity index (χ4n) is 3.94. The zero-order valence-electron chi connectivity index (χ0n) is 19.0. The molecule has 0 aromatic heterocycles. The maximum absolute atomic E-state index is 13.5. The van der Waals surface area contributed by atoms with Crippen LogP contribution in [0.3, 0.4) is 0 Å². The number of amides is 1. The summed E-state index contributed by atoms with van der Waals surface area (Å²) < 4.78 is 57.8. The van der Waals surface area contributed by atoms with Crippen LogP contribution in [0.1, 0.15) is 11.1 Å². The Morgan fingerprint density at radius 1 is 1.00 bits per heavy atom. The molecule has 2 N–H and O–H groups in total. The molecule has 1 unspecified atom stereocenters. The van der Waals surface area contributed by atoms with E-state index in [1.54, 1.807) is 30.3 Å². The Kier molecular flexibility index (Phi) is 6.63. The second kappa shape index (κ2) is 9.40. The molecule has 1 aliphatic rings. The van der Waals surface area contributed by atoms with Crippen molar-refractivity contribution in [3.63, 3.8) is 0 Å². The van der Waals surface area contributed by atoms with E-state index in [9.17, 15) is 22.0 Å². The van der Waals surface area contributed by atoms with Crippen molar-refractivity contribution in [1.82, 2.24) is 4.90 Å². The lowest BCUT2D eigenvalue weighted by atomic mass is 9.81. The maximum Gasteiger partial charge on any atom is 0.387 e. The van der Waals surface area contributed by atoms with Crippen molar-refractivity contribution in [2.45, 2.75) is 12.2 Å². The molecule has 1 heterocycles. The average Bonchev–Trinajstić information content (AvgIpc) is 3.02. The van der Waals surface area contributed by atoms with E-state index in [2.05, 4.69) is 9.73 Å². The van der Waals surface area contributed by atoms with Crippen molar-refractivity contribution in [2.75, 3.05) is 13.3 Å². The number of nitrogens with zero attached hydrogens (tertiary/aromatic N) is 2. The monoisotopic (exact) mass is 535 g/mol. The Labute approximate surface area is 211 Å². The summed E-state index contributed by atoms with van der Waals surface area (Å²) in [5.74, 6) is -0.531. The molecule has 3 aromatic carbocycles. The van der Waals surface area contributed by atoms with Gasteiger partial charge in [-0.05, 0) is 52.6 Å². The molecule has 0 bridgehead atoms. The van der Waals surface area contributed by atoms with E-state index in [4.69, 9.17) is 21.5 Å². The van der Waals surface area contributed by atoms with Crippen LogP contribution in [0.5, 0.6) is 11.5 Å². The molecule has 188 valence electrons. The van der Waals surface area contributed by atoms with Gasteiger partial charge in [-0.2, -0.15) is 17.2 Å². The first-order valence-electron chi connectivity index (χ1n) is 10.4. The summed E-state index contributed by atoms with van der Waals surface area (Å²) in [6.07, 6.45) is 0.917. The predicted molar refractivity (Wildman–Crippen MR) is 131 cm³/mol. The molecule has 0 spiro atoms. The number of guanidine groups is 1. The van der Waals surface area contributed by atoms with Crippen molar-refractivity contribution in [1.29, 1.82) is 0 Å². The average molecular weight is 536 g/mol. The van der Waals surface area contributed by atoms with E-state index in [-0.39, 0.29) is 22.5 Å². The van der Waals surface area contributed by atoms with Crippen LogP contribution in [0, 0.1) is 0 Å². The van der Waals surface area contributed by atoms with Crippen LogP contribution in [0.15, 0.2) is 71.7 Å². The van der Waals surface area contributed by atoms with Crippen LogP contribution in [0.4, 0.5) is 8.78 Å². The van der Waals surface area contributed by atoms with E-state index in [0.29, 0.717) is 22.3 Å². The Hall–Kier alpha value is -3.70. The predicted octanol–water partition coefficient (Wildman–Crippen LogP) is 3.98. The quantitative estimate of drug-likeness (QED) is 0.458. The summed E-state index contributed by atoms with van der Waals surface area (Å²) in [6.45, 7) is -3.00. The highest BCUT2D eigenvalue weighted by atomic mass is 35.5. The third kappa shape index (κ3) is 4.98. The largest absolute Gasteiger partial charge is 0.435 e. The number of likely N-dealkylation sites (N-methyl/N-ethyl adjacent to an activating group) is 1. The summed E-state index contributed by atoms with van der Waals surface area (Å²) in [6, 6.07) is 16.8. The van der Waals surface area contributed by atoms with E-state index < -0.39 is 28.2 Å². The molecule has 0 saturated heterocycles. The van der Waals surface area contributed by atoms with Crippen molar-refractivity contribution in [3.05, 3.63) is 82.9 Å². The van der Waals surface area contributed by atoms with Crippen LogP contribution in [-0.2, 0) is 20.5 Å².